The smallest absolute Gasteiger partial charge is 0.336 e. The standard InChI is InChI=1S/C30H36ClN3O7/c1-6-14-33(18-21-8-11-23(39-5)12-9-21)15-16-41-30(36)27-20(4)32-19(3)26(29(35)40-7-2)28(27)24-17-22(34(37)38)10-13-25(24)31/h8-13,17,28,32H,6-7,14-16,18H2,1-5H3. The first-order valence-corrected chi connectivity index (χ1v) is 13.8. The van der Waals surface area contributed by atoms with Gasteiger partial charge in [-0.15, -0.1) is 0 Å². The van der Waals surface area contributed by atoms with Gasteiger partial charge in [-0.2, -0.15) is 0 Å². The lowest BCUT2D eigenvalue weighted by Crippen LogP contribution is -2.34. The molecule has 1 heterocycles. The molecule has 0 radical (unpaired) electrons. The van der Waals surface area contributed by atoms with Crippen LogP contribution in [0.4, 0.5) is 5.69 Å². The number of halogens is 1. The van der Waals surface area contributed by atoms with E-state index >= 15 is 0 Å². The molecule has 1 aliphatic rings. The maximum Gasteiger partial charge on any atom is 0.336 e. The van der Waals surface area contributed by atoms with Gasteiger partial charge in [-0.1, -0.05) is 30.7 Å². The van der Waals surface area contributed by atoms with E-state index in [-0.39, 0.29) is 40.6 Å². The lowest BCUT2D eigenvalue weighted by Gasteiger charge is -2.31. The molecule has 3 rings (SSSR count). The van der Waals surface area contributed by atoms with Crippen LogP contribution in [0.15, 0.2) is 65.0 Å². The number of benzene rings is 2. The third-order valence-electron chi connectivity index (χ3n) is 6.72. The van der Waals surface area contributed by atoms with Crippen LogP contribution in [-0.4, -0.2) is 55.2 Å². The Morgan fingerprint density at radius 3 is 2.20 bits per heavy atom. The first-order chi connectivity index (χ1) is 19.6. The number of allylic oxidation sites excluding steroid dienone is 2. The maximum atomic E-state index is 13.6. The van der Waals surface area contributed by atoms with E-state index < -0.39 is 22.8 Å². The van der Waals surface area contributed by atoms with Crippen molar-refractivity contribution >= 4 is 29.2 Å². The van der Waals surface area contributed by atoms with Crippen LogP contribution >= 0.6 is 11.6 Å². The number of ether oxygens (including phenoxy) is 3. The van der Waals surface area contributed by atoms with E-state index in [1.165, 1.54) is 18.2 Å². The summed E-state index contributed by atoms with van der Waals surface area (Å²) in [6.07, 6.45) is 0.915. The molecular weight excluding hydrogens is 550 g/mol. The van der Waals surface area contributed by atoms with Gasteiger partial charge in [-0.05, 0) is 63.1 Å². The summed E-state index contributed by atoms with van der Waals surface area (Å²) in [7, 11) is 1.62. The third kappa shape index (κ3) is 7.86. The van der Waals surface area contributed by atoms with Crippen molar-refractivity contribution in [2.24, 2.45) is 0 Å². The van der Waals surface area contributed by atoms with Crippen LogP contribution in [0.25, 0.3) is 0 Å². The summed E-state index contributed by atoms with van der Waals surface area (Å²) < 4.78 is 16.3. The van der Waals surface area contributed by atoms with E-state index in [2.05, 4.69) is 17.1 Å². The summed E-state index contributed by atoms with van der Waals surface area (Å²) >= 11 is 6.52. The minimum Gasteiger partial charge on any atom is -0.497 e. The molecule has 10 nitrogen and oxygen atoms in total. The van der Waals surface area contributed by atoms with E-state index in [1.807, 2.05) is 24.3 Å². The number of nitrogens with zero attached hydrogens (tertiary/aromatic N) is 2. The van der Waals surface area contributed by atoms with Gasteiger partial charge in [-0.25, -0.2) is 9.59 Å². The van der Waals surface area contributed by atoms with Gasteiger partial charge >= 0.3 is 11.9 Å². The van der Waals surface area contributed by atoms with Gasteiger partial charge in [0.1, 0.15) is 12.4 Å². The molecule has 0 saturated heterocycles. The van der Waals surface area contributed by atoms with Gasteiger partial charge in [0, 0.05) is 41.6 Å². The Kier molecular flexibility index (Phi) is 11.3. The predicted molar refractivity (Wildman–Crippen MR) is 156 cm³/mol. The van der Waals surface area contributed by atoms with Crippen molar-refractivity contribution in [3.05, 3.63) is 91.3 Å². The summed E-state index contributed by atoms with van der Waals surface area (Å²) in [5.41, 5.74) is 2.30. The first-order valence-electron chi connectivity index (χ1n) is 13.4. The minimum atomic E-state index is -1.03. The Hall–Kier alpha value is -3.89. The van der Waals surface area contributed by atoms with Gasteiger partial charge in [-0.3, -0.25) is 15.0 Å². The number of hydrogen-bond acceptors (Lipinski definition) is 9. The zero-order valence-corrected chi connectivity index (χ0v) is 24.7. The van der Waals surface area contributed by atoms with Crippen molar-refractivity contribution in [3.8, 4) is 5.75 Å². The molecule has 0 saturated carbocycles. The second-order valence-electron chi connectivity index (χ2n) is 9.58. The summed E-state index contributed by atoms with van der Waals surface area (Å²) in [4.78, 5) is 39.9. The Bertz CT molecular complexity index is 1340. The molecule has 11 heteroatoms. The number of carbonyl (C=O) groups is 2. The molecule has 0 amide bonds. The molecule has 1 atom stereocenters. The lowest BCUT2D eigenvalue weighted by molar-refractivity contribution is -0.384. The number of methoxy groups -OCH3 is 1. The molecule has 2 aromatic carbocycles. The van der Waals surface area contributed by atoms with Gasteiger partial charge in [0.2, 0.25) is 0 Å². The fraction of sp³-hybridized carbons (Fsp3) is 0.400. The summed E-state index contributed by atoms with van der Waals surface area (Å²) in [5, 5.41) is 14.8. The van der Waals surface area contributed by atoms with E-state index in [0.29, 0.717) is 24.5 Å². The topological polar surface area (TPSA) is 120 Å². The fourth-order valence-corrected chi connectivity index (χ4v) is 5.07. The van der Waals surface area contributed by atoms with Crippen LogP contribution in [0.1, 0.15) is 51.2 Å². The van der Waals surface area contributed by atoms with Crippen molar-refractivity contribution in [2.45, 2.75) is 46.6 Å². The molecule has 2 aromatic rings. The van der Waals surface area contributed by atoms with E-state index in [1.54, 1.807) is 27.9 Å². The molecule has 0 fully saturated rings. The Morgan fingerprint density at radius 2 is 1.63 bits per heavy atom. The number of non-ortho nitro benzene ring substituents is 1. The number of nitro groups is 1. The summed E-state index contributed by atoms with van der Waals surface area (Å²) in [6.45, 7) is 9.26. The molecule has 220 valence electrons. The quantitative estimate of drug-likeness (QED) is 0.184. The van der Waals surface area contributed by atoms with Gasteiger partial charge in [0.25, 0.3) is 5.69 Å². The molecule has 41 heavy (non-hydrogen) atoms. The highest BCUT2D eigenvalue weighted by Crippen LogP contribution is 2.43. The Balaban J connectivity index is 1.88. The maximum absolute atomic E-state index is 13.6. The number of nitrogens with one attached hydrogen (secondary N) is 1. The summed E-state index contributed by atoms with van der Waals surface area (Å²) in [5.74, 6) is -1.56. The molecule has 0 spiro atoms. The molecule has 0 aliphatic carbocycles. The zero-order chi connectivity index (χ0) is 30.1. The van der Waals surface area contributed by atoms with Crippen molar-refractivity contribution in [1.82, 2.24) is 10.2 Å². The van der Waals surface area contributed by atoms with Crippen LogP contribution in [-0.2, 0) is 25.6 Å². The van der Waals surface area contributed by atoms with Crippen LogP contribution < -0.4 is 10.1 Å². The number of esters is 2. The van der Waals surface area contributed by atoms with Gasteiger partial charge in [0.05, 0.1) is 35.7 Å². The minimum absolute atomic E-state index is 0.0958. The largest absolute Gasteiger partial charge is 0.497 e. The number of dihydropyridines is 1. The third-order valence-corrected chi connectivity index (χ3v) is 7.07. The Labute approximate surface area is 245 Å². The highest BCUT2D eigenvalue weighted by atomic mass is 35.5. The average Bonchev–Trinajstić information content (AvgIpc) is 2.93. The van der Waals surface area contributed by atoms with E-state index in [9.17, 15) is 19.7 Å². The summed E-state index contributed by atoms with van der Waals surface area (Å²) in [6, 6.07) is 11.7. The number of carbonyl (C=O) groups excluding carboxylic acids is 2. The van der Waals surface area contributed by atoms with E-state index in [4.69, 9.17) is 25.8 Å². The van der Waals surface area contributed by atoms with Crippen LogP contribution in [0.3, 0.4) is 0 Å². The monoisotopic (exact) mass is 585 g/mol. The molecule has 0 bridgehead atoms. The molecule has 1 N–H and O–H groups in total. The zero-order valence-electron chi connectivity index (χ0n) is 24.0. The normalized spacial score (nSPS) is 15.0. The van der Waals surface area contributed by atoms with Crippen LogP contribution in [0, 0.1) is 10.1 Å². The van der Waals surface area contributed by atoms with Gasteiger partial charge < -0.3 is 19.5 Å². The van der Waals surface area contributed by atoms with Crippen molar-refractivity contribution in [2.75, 3.05) is 33.4 Å². The highest BCUT2D eigenvalue weighted by Gasteiger charge is 2.39. The SMILES string of the molecule is CCCN(CCOC(=O)C1=C(C)NC(C)=C(C(=O)OCC)C1c1cc([N+](=O)[O-])ccc1Cl)Cc1ccc(OC)cc1. The van der Waals surface area contributed by atoms with Gasteiger partial charge in [0.15, 0.2) is 0 Å². The Morgan fingerprint density at radius 1 is 1.00 bits per heavy atom. The van der Waals surface area contributed by atoms with Crippen LogP contribution in [0.2, 0.25) is 5.02 Å². The molecular formula is C30H36ClN3O7. The van der Waals surface area contributed by atoms with Crippen molar-refractivity contribution in [1.29, 1.82) is 0 Å². The second kappa shape index (κ2) is 14.7. The molecule has 1 aliphatic heterocycles. The van der Waals surface area contributed by atoms with Crippen molar-refractivity contribution < 1.29 is 28.7 Å². The first kappa shape index (κ1) is 31.6. The molecule has 1 unspecified atom stereocenters. The van der Waals surface area contributed by atoms with Crippen molar-refractivity contribution in [3.63, 3.8) is 0 Å². The fourth-order valence-electron chi connectivity index (χ4n) is 4.84. The number of hydrogen-bond donors (Lipinski definition) is 1. The lowest BCUT2D eigenvalue weighted by atomic mass is 9.80. The van der Waals surface area contributed by atoms with E-state index in [0.717, 1.165) is 24.3 Å². The van der Waals surface area contributed by atoms with Crippen LogP contribution in [0.5, 0.6) is 5.75 Å². The highest BCUT2D eigenvalue weighted by molar-refractivity contribution is 6.31. The number of rotatable bonds is 13. The number of nitro benzene ring substituents is 1. The molecule has 0 aromatic heterocycles. The predicted octanol–water partition coefficient (Wildman–Crippen LogP) is 5.51. The second-order valence-corrected chi connectivity index (χ2v) is 9.99. The average molecular weight is 586 g/mol.